The monoisotopic (exact) mass is 482 g/mol. The molecular formula is C27H30O8. The van der Waals surface area contributed by atoms with Gasteiger partial charge in [0.15, 0.2) is 6.10 Å². The van der Waals surface area contributed by atoms with Gasteiger partial charge < -0.3 is 28.1 Å². The van der Waals surface area contributed by atoms with Crippen molar-refractivity contribution in [3.63, 3.8) is 0 Å². The van der Waals surface area contributed by atoms with Gasteiger partial charge in [-0.25, -0.2) is 9.59 Å². The van der Waals surface area contributed by atoms with Crippen LogP contribution in [0.5, 0.6) is 11.5 Å². The van der Waals surface area contributed by atoms with Gasteiger partial charge in [-0.15, -0.1) is 6.58 Å². The third kappa shape index (κ3) is 4.23. The van der Waals surface area contributed by atoms with E-state index in [4.69, 9.17) is 28.1 Å². The van der Waals surface area contributed by atoms with E-state index in [2.05, 4.69) is 19.7 Å². The maximum atomic E-state index is 12.8. The van der Waals surface area contributed by atoms with Gasteiger partial charge in [-0.1, -0.05) is 32.2 Å². The first kappa shape index (κ1) is 24.6. The Hall–Kier alpha value is -3.52. The number of rotatable bonds is 8. The van der Waals surface area contributed by atoms with Crippen LogP contribution in [0.3, 0.4) is 0 Å². The normalized spacial score (nSPS) is 27.5. The summed E-state index contributed by atoms with van der Waals surface area (Å²) >= 11 is 0. The Morgan fingerprint density at radius 3 is 2.54 bits per heavy atom. The zero-order chi connectivity index (χ0) is 25.5. The topological polar surface area (TPSA) is 93.4 Å². The van der Waals surface area contributed by atoms with Crippen LogP contribution in [0, 0.1) is 12.8 Å². The summed E-state index contributed by atoms with van der Waals surface area (Å²) in [5.74, 6) is 0.621. The smallest absolute Gasteiger partial charge is 0.488 e. The summed E-state index contributed by atoms with van der Waals surface area (Å²) in [5, 5.41) is 0.595. The Morgan fingerprint density at radius 2 is 1.89 bits per heavy atom. The lowest BCUT2D eigenvalue weighted by Gasteiger charge is -2.46. The highest BCUT2D eigenvalue weighted by molar-refractivity contribution is 5.91. The number of hydrogen-bond acceptors (Lipinski definition) is 8. The standard InChI is InChI=1S/C27H30O8/c1-8-12-27(7)16(6)21-23(34-26(29)33-21)25(35-27)31-18-11-10-17-20(15(18)5)32-24(28)19(14(3)4)22(17)30-13-9-2/h8-11,16,21,23,25H,1-3,12-13H2,4-7H3/t16-,21-,23-,25?,27+/m1/s1. The maximum absolute atomic E-state index is 12.8. The Balaban J connectivity index is 1.77. The number of ether oxygens (including phenoxy) is 5. The highest BCUT2D eigenvalue weighted by atomic mass is 16.8. The SMILES string of the molecule is C=CCOc1c(C(=C)C)c(=O)oc2c(C)c(OC3O[C@@](C)(CC=C)[C@H](C)[C@H]4OC(=O)O[C@@H]34)ccc12. The molecule has 1 aromatic heterocycles. The van der Waals surface area contributed by atoms with Gasteiger partial charge in [0.1, 0.15) is 29.3 Å². The summed E-state index contributed by atoms with van der Waals surface area (Å²) in [5.41, 5.74) is 0.412. The fourth-order valence-corrected chi connectivity index (χ4v) is 4.65. The highest BCUT2D eigenvalue weighted by Crippen LogP contribution is 2.44. The van der Waals surface area contributed by atoms with Crippen LogP contribution in [-0.4, -0.2) is 36.9 Å². The molecule has 1 aromatic carbocycles. The summed E-state index contributed by atoms with van der Waals surface area (Å²) in [6.07, 6.45) is 0.873. The molecule has 4 rings (SSSR count). The highest BCUT2D eigenvalue weighted by Gasteiger charge is 2.57. The van der Waals surface area contributed by atoms with Crippen molar-refractivity contribution < 1.29 is 32.9 Å². The Morgan fingerprint density at radius 1 is 1.17 bits per heavy atom. The molecular weight excluding hydrogens is 452 g/mol. The van der Waals surface area contributed by atoms with Crippen LogP contribution in [0.2, 0.25) is 0 Å². The Kier molecular flexibility index (Phi) is 6.51. The molecule has 8 nitrogen and oxygen atoms in total. The van der Waals surface area contributed by atoms with E-state index >= 15 is 0 Å². The number of allylic oxidation sites excluding steroid dienone is 1. The fourth-order valence-electron chi connectivity index (χ4n) is 4.65. The van der Waals surface area contributed by atoms with E-state index in [9.17, 15) is 9.59 Å². The Bertz CT molecular complexity index is 1260. The minimum absolute atomic E-state index is 0.155. The summed E-state index contributed by atoms with van der Waals surface area (Å²) in [6.45, 7) is 18.9. The van der Waals surface area contributed by atoms with Crippen LogP contribution in [-0.2, 0) is 14.2 Å². The molecule has 0 radical (unpaired) electrons. The molecule has 2 fully saturated rings. The van der Waals surface area contributed by atoms with Crippen LogP contribution in [0.1, 0.15) is 38.3 Å². The first-order valence-electron chi connectivity index (χ1n) is 11.4. The molecule has 3 heterocycles. The summed E-state index contributed by atoms with van der Waals surface area (Å²) in [4.78, 5) is 24.8. The van der Waals surface area contributed by atoms with Crippen molar-refractivity contribution in [1.29, 1.82) is 0 Å². The lowest BCUT2D eigenvalue weighted by molar-refractivity contribution is -0.265. The third-order valence-electron chi connectivity index (χ3n) is 6.69. The van der Waals surface area contributed by atoms with Gasteiger partial charge in [0.2, 0.25) is 12.4 Å². The molecule has 2 aliphatic rings. The summed E-state index contributed by atoms with van der Waals surface area (Å²) in [6, 6.07) is 3.48. The van der Waals surface area contributed by atoms with E-state index < -0.39 is 35.9 Å². The van der Waals surface area contributed by atoms with Gasteiger partial charge >= 0.3 is 11.8 Å². The van der Waals surface area contributed by atoms with Crippen LogP contribution >= 0.6 is 0 Å². The zero-order valence-corrected chi connectivity index (χ0v) is 20.4. The molecule has 5 atom stereocenters. The van der Waals surface area contributed by atoms with E-state index in [-0.39, 0.29) is 18.1 Å². The van der Waals surface area contributed by atoms with Crippen molar-refractivity contribution in [3.8, 4) is 11.5 Å². The molecule has 2 aliphatic heterocycles. The first-order chi connectivity index (χ1) is 16.6. The average Bonchev–Trinajstić information content (AvgIpc) is 3.19. The second kappa shape index (κ2) is 9.26. The second-order valence-electron chi connectivity index (χ2n) is 9.15. The molecule has 186 valence electrons. The molecule has 8 heteroatoms. The van der Waals surface area contributed by atoms with E-state index in [0.29, 0.717) is 40.0 Å². The summed E-state index contributed by atoms with van der Waals surface area (Å²) in [7, 11) is 0. The summed E-state index contributed by atoms with van der Waals surface area (Å²) < 4.78 is 34.9. The van der Waals surface area contributed by atoms with Crippen LogP contribution in [0.4, 0.5) is 4.79 Å². The number of hydrogen-bond donors (Lipinski definition) is 0. The van der Waals surface area contributed by atoms with Gasteiger partial charge in [-0.2, -0.15) is 0 Å². The van der Waals surface area contributed by atoms with Crippen molar-refractivity contribution in [2.24, 2.45) is 5.92 Å². The van der Waals surface area contributed by atoms with E-state index in [1.807, 2.05) is 13.8 Å². The van der Waals surface area contributed by atoms with E-state index in [1.54, 1.807) is 38.1 Å². The maximum Gasteiger partial charge on any atom is 0.509 e. The van der Waals surface area contributed by atoms with E-state index in [0.717, 1.165) is 0 Å². The predicted octanol–water partition coefficient (Wildman–Crippen LogP) is 5.31. The van der Waals surface area contributed by atoms with Crippen molar-refractivity contribution >= 4 is 22.7 Å². The van der Waals surface area contributed by atoms with Gasteiger partial charge in [0, 0.05) is 11.5 Å². The molecule has 0 aliphatic carbocycles. The van der Waals surface area contributed by atoms with Crippen LogP contribution in [0.15, 0.2) is 53.2 Å². The molecule has 2 saturated heterocycles. The molecule has 0 N–H and O–H groups in total. The third-order valence-corrected chi connectivity index (χ3v) is 6.69. The quantitative estimate of drug-likeness (QED) is 0.284. The minimum Gasteiger partial charge on any atom is -0.488 e. The fraction of sp³-hybridized carbons (Fsp3) is 0.407. The van der Waals surface area contributed by atoms with Gasteiger partial charge in [0.25, 0.3) is 0 Å². The minimum atomic E-state index is -0.943. The number of carbonyl (C=O) groups is 1. The second-order valence-corrected chi connectivity index (χ2v) is 9.15. The number of fused-ring (bicyclic) bond motifs is 2. The molecule has 35 heavy (non-hydrogen) atoms. The molecule has 0 saturated carbocycles. The average molecular weight is 483 g/mol. The first-order valence-corrected chi connectivity index (χ1v) is 11.4. The Labute approximate surface area is 203 Å². The van der Waals surface area contributed by atoms with Gasteiger partial charge in [-0.3, -0.25) is 0 Å². The number of aryl methyl sites for hydroxylation is 1. The van der Waals surface area contributed by atoms with Gasteiger partial charge in [0.05, 0.1) is 11.0 Å². The predicted molar refractivity (Wildman–Crippen MR) is 131 cm³/mol. The molecule has 0 bridgehead atoms. The lowest BCUT2D eigenvalue weighted by atomic mass is 9.79. The number of benzene rings is 1. The van der Waals surface area contributed by atoms with Crippen molar-refractivity contribution in [2.45, 2.75) is 58.2 Å². The largest absolute Gasteiger partial charge is 0.509 e. The zero-order valence-electron chi connectivity index (χ0n) is 20.4. The van der Waals surface area contributed by atoms with Crippen molar-refractivity contribution in [3.05, 3.63) is 65.6 Å². The van der Waals surface area contributed by atoms with E-state index in [1.165, 1.54) is 0 Å². The molecule has 0 spiro atoms. The lowest BCUT2D eigenvalue weighted by Crippen LogP contribution is -2.59. The van der Waals surface area contributed by atoms with Crippen molar-refractivity contribution in [1.82, 2.24) is 0 Å². The van der Waals surface area contributed by atoms with Crippen LogP contribution in [0.25, 0.3) is 16.5 Å². The van der Waals surface area contributed by atoms with Crippen LogP contribution < -0.4 is 15.1 Å². The van der Waals surface area contributed by atoms with Crippen molar-refractivity contribution in [2.75, 3.05) is 6.61 Å². The van der Waals surface area contributed by atoms with Gasteiger partial charge in [-0.05, 0) is 44.9 Å². The molecule has 1 unspecified atom stereocenters. The number of carbonyl (C=O) groups excluding carboxylic acids is 1. The molecule has 0 amide bonds. The molecule has 2 aromatic rings.